The molecule has 3 aromatic rings. The van der Waals surface area contributed by atoms with Crippen LogP contribution in [0.2, 0.25) is 0 Å². The Balaban J connectivity index is 1.47. The van der Waals surface area contributed by atoms with Gasteiger partial charge in [-0.3, -0.25) is 9.79 Å². The topological polar surface area (TPSA) is 90.5 Å². The van der Waals surface area contributed by atoms with Crippen molar-refractivity contribution in [3.05, 3.63) is 65.4 Å². The Morgan fingerprint density at radius 1 is 1.10 bits per heavy atom. The molecule has 0 aliphatic carbocycles. The minimum absolute atomic E-state index is 0.128. The number of amides is 1. The number of carbonyl (C=O) groups is 1. The number of benzene rings is 2. The molecule has 1 aromatic heterocycles. The third-order valence-electron chi connectivity index (χ3n) is 4.95. The fourth-order valence-electron chi connectivity index (χ4n) is 3.36. The van der Waals surface area contributed by atoms with Gasteiger partial charge in [-0.05, 0) is 55.7 Å². The van der Waals surface area contributed by atoms with Crippen LogP contribution in [-0.2, 0) is 6.42 Å². The van der Waals surface area contributed by atoms with Crippen molar-refractivity contribution in [3.63, 3.8) is 0 Å². The number of rotatable bonds is 9. The van der Waals surface area contributed by atoms with E-state index in [9.17, 15) is 4.79 Å². The maximum atomic E-state index is 12.3. The zero-order chi connectivity index (χ0) is 22.1. The number of hydrogen-bond acceptors (Lipinski definition) is 3. The molecule has 7 nitrogen and oxygen atoms in total. The number of guanidine groups is 1. The van der Waals surface area contributed by atoms with Crippen LogP contribution in [0.1, 0.15) is 28.4 Å². The molecule has 164 valence electrons. The number of hydrogen-bond donors (Lipinski definition) is 4. The smallest absolute Gasteiger partial charge is 0.251 e. The van der Waals surface area contributed by atoms with E-state index < -0.39 is 0 Å². The summed E-state index contributed by atoms with van der Waals surface area (Å²) in [7, 11) is 1.59. The molecule has 0 fully saturated rings. The number of ether oxygens (including phenoxy) is 1. The Bertz CT molecular complexity index is 1040. The molecular weight excluding hydrogens is 390 g/mol. The first kappa shape index (κ1) is 22.2. The van der Waals surface area contributed by atoms with Gasteiger partial charge in [0.25, 0.3) is 5.91 Å². The fraction of sp³-hybridized carbons (Fsp3) is 0.333. The second-order valence-electron chi connectivity index (χ2n) is 7.29. The number of aromatic amines is 1. The molecule has 31 heavy (non-hydrogen) atoms. The second kappa shape index (κ2) is 11.1. The maximum Gasteiger partial charge on any atom is 0.251 e. The Morgan fingerprint density at radius 2 is 1.94 bits per heavy atom. The van der Waals surface area contributed by atoms with Gasteiger partial charge in [-0.15, -0.1) is 0 Å². The number of aromatic nitrogens is 1. The van der Waals surface area contributed by atoms with Gasteiger partial charge in [0.1, 0.15) is 5.75 Å². The first-order valence-corrected chi connectivity index (χ1v) is 10.6. The highest BCUT2D eigenvalue weighted by atomic mass is 16.5. The van der Waals surface area contributed by atoms with Crippen LogP contribution < -0.4 is 20.7 Å². The molecule has 1 amide bonds. The van der Waals surface area contributed by atoms with Gasteiger partial charge in [-0.1, -0.05) is 18.2 Å². The summed E-state index contributed by atoms with van der Waals surface area (Å²) >= 11 is 0. The van der Waals surface area contributed by atoms with E-state index in [1.54, 1.807) is 25.3 Å². The summed E-state index contributed by atoms with van der Waals surface area (Å²) in [5.74, 6) is 1.28. The number of nitrogens with one attached hydrogen (secondary N) is 4. The molecule has 2 aromatic carbocycles. The van der Waals surface area contributed by atoms with Crippen LogP contribution in [0.25, 0.3) is 10.9 Å². The summed E-state index contributed by atoms with van der Waals surface area (Å²) < 4.78 is 5.16. The SMILES string of the molecule is CCNC(=NCCc1c[nH]c2cc(C)ccc12)NCCNC(=O)c1cccc(OC)c1. The first-order chi connectivity index (χ1) is 15.1. The largest absolute Gasteiger partial charge is 0.497 e. The second-order valence-corrected chi connectivity index (χ2v) is 7.29. The van der Waals surface area contributed by atoms with Crippen molar-refractivity contribution in [1.82, 2.24) is 20.9 Å². The Kier molecular flexibility index (Phi) is 7.92. The molecule has 0 aliphatic heterocycles. The third kappa shape index (κ3) is 6.25. The normalized spacial score (nSPS) is 11.4. The highest BCUT2D eigenvalue weighted by Crippen LogP contribution is 2.19. The van der Waals surface area contributed by atoms with E-state index in [1.807, 2.05) is 13.0 Å². The molecule has 7 heteroatoms. The van der Waals surface area contributed by atoms with E-state index in [-0.39, 0.29) is 5.91 Å². The lowest BCUT2D eigenvalue weighted by atomic mass is 10.1. The number of carbonyl (C=O) groups excluding carboxylic acids is 1. The van der Waals surface area contributed by atoms with E-state index in [0.717, 1.165) is 24.4 Å². The lowest BCUT2D eigenvalue weighted by Crippen LogP contribution is -2.41. The van der Waals surface area contributed by atoms with Gasteiger partial charge < -0.3 is 25.7 Å². The zero-order valence-corrected chi connectivity index (χ0v) is 18.4. The molecule has 0 bridgehead atoms. The number of H-pyrrole nitrogens is 1. The first-order valence-electron chi connectivity index (χ1n) is 10.6. The molecule has 0 unspecified atom stereocenters. The molecule has 0 atom stereocenters. The summed E-state index contributed by atoms with van der Waals surface area (Å²) in [5, 5.41) is 10.7. The number of methoxy groups -OCH3 is 1. The van der Waals surface area contributed by atoms with Gasteiger partial charge >= 0.3 is 0 Å². The Morgan fingerprint density at radius 3 is 2.74 bits per heavy atom. The lowest BCUT2D eigenvalue weighted by Gasteiger charge is -2.12. The van der Waals surface area contributed by atoms with Crippen molar-refractivity contribution in [2.75, 3.05) is 33.3 Å². The predicted octanol–water partition coefficient (Wildman–Crippen LogP) is 3.01. The number of aryl methyl sites for hydroxylation is 1. The quantitative estimate of drug-likeness (QED) is 0.243. The molecule has 0 aliphatic rings. The molecule has 0 spiro atoms. The van der Waals surface area contributed by atoms with Crippen LogP contribution in [0.5, 0.6) is 5.75 Å². The van der Waals surface area contributed by atoms with Gasteiger partial charge in [0.05, 0.1) is 7.11 Å². The highest BCUT2D eigenvalue weighted by Gasteiger charge is 2.07. The van der Waals surface area contributed by atoms with Crippen molar-refractivity contribution in [3.8, 4) is 5.75 Å². The number of aliphatic imine (C=N–C) groups is 1. The fourth-order valence-corrected chi connectivity index (χ4v) is 3.36. The molecule has 0 saturated carbocycles. The van der Waals surface area contributed by atoms with E-state index >= 15 is 0 Å². The van der Waals surface area contributed by atoms with Gasteiger partial charge in [-0.2, -0.15) is 0 Å². The van der Waals surface area contributed by atoms with Crippen molar-refractivity contribution >= 4 is 22.8 Å². The van der Waals surface area contributed by atoms with Crippen molar-refractivity contribution < 1.29 is 9.53 Å². The van der Waals surface area contributed by atoms with Gasteiger partial charge in [0.2, 0.25) is 0 Å². The Labute approximate surface area is 183 Å². The van der Waals surface area contributed by atoms with Crippen LogP contribution in [0.4, 0.5) is 0 Å². The third-order valence-corrected chi connectivity index (χ3v) is 4.95. The molecule has 0 saturated heterocycles. The summed E-state index contributed by atoms with van der Waals surface area (Å²) in [6.07, 6.45) is 2.92. The molecule has 0 radical (unpaired) electrons. The monoisotopic (exact) mass is 421 g/mol. The summed E-state index contributed by atoms with van der Waals surface area (Å²) in [6.45, 7) is 6.64. The van der Waals surface area contributed by atoms with Crippen LogP contribution in [0, 0.1) is 6.92 Å². The minimum atomic E-state index is -0.128. The summed E-state index contributed by atoms with van der Waals surface area (Å²) in [6, 6.07) is 13.6. The van der Waals surface area contributed by atoms with E-state index in [1.165, 1.54) is 16.5 Å². The van der Waals surface area contributed by atoms with Crippen LogP contribution >= 0.6 is 0 Å². The average molecular weight is 422 g/mol. The molecule has 1 heterocycles. The number of nitrogens with zero attached hydrogens (tertiary/aromatic N) is 1. The molecule has 4 N–H and O–H groups in total. The van der Waals surface area contributed by atoms with Crippen molar-refractivity contribution in [2.45, 2.75) is 20.3 Å². The van der Waals surface area contributed by atoms with Crippen molar-refractivity contribution in [1.29, 1.82) is 0 Å². The standard InChI is InChI=1S/C24H31N5O2/c1-4-25-24(27-11-10-19-16-29-22-14-17(2)8-9-21(19)22)28-13-12-26-23(30)18-6-5-7-20(15-18)31-3/h5-9,14-16,29H,4,10-13H2,1-3H3,(H,26,30)(H2,25,27,28). The van der Waals surface area contributed by atoms with Crippen LogP contribution in [-0.4, -0.2) is 50.1 Å². The number of fused-ring (bicyclic) bond motifs is 1. The Hall–Kier alpha value is -3.48. The molecule has 3 rings (SSSR count). The van der Waals surface area contributed by atoms with Crippen molar-refractivity contribution in [2.24, 2.45) is 4.99 Å². The van der Waals surface area contributed by atoms with E-state index in [4.69, 9.17) is 4.74 Å². The van der Waals surface area contributed by atoms with Crippen LogP contribution in [0.3, 0.4) is 0 Å². The lowest BCUT2D eigenvalue weighted by molar-refractivity contribution is 0.0954. The van der Waals surface area contributed by atoms with Gasteiger partial charge in [-0.25, -0.2) is 0 Å². The van der Waals surface area contributed by atoms with E-state index in [2.05, 4.69) is 57.2 Å². The minimum Gasteiger partial charge on any atom is -0.497 e. The van der Waals surface area contributed by atoms with Gasteiger partial charge in [0, 0.05) is 48.8 Å². The highest BCUT2D eigenvalue weighted by molar-refractivity contribution is 5.94. The van der Waals surface area contributed by atoms with Crippen LogP contribution in [0.15, 0.2) is 53.7 Å². The molecular formula is C24H31N5O2. The average Bonchev–Trinajstić information content (AvgIpc) is 3.18. The van der Waals surface area contributed by atoms with E-state index in [0.29, 0.717) is 30.9 Å². The van der Waals surface area contributed by atoms with Gasteiger partial charge in [0.15, 0.2) is 5.96 Å². The summed E-state index contributed by atoms with van der Waals surface area (Å²) in [5.41, 5.74) is 4.25. The predicted molar refractivity (Wildman–Crippen MR) is 126 cm³/mol. The zero-order valence-electron chi connectivity index (χ0n) is 18.4. The maximum absolute atomic E-state index is 12.3. The summed E-state index contributed by atoms with van der Waals surface area (Å²) in [4.78, 5) is 20.3.